The standard InChI is InChI=1S/C42H29N2O3P/c1-26-19-21-43-34(23-26)32-25-33(35-24-27(2)20-22-44-35)41-42-40(32)46-38-30(28-11-5-3-6-12-28)15-9-17-36(38)48(42,45)37-18-10-16-31(39(37)47-41)29-13-7-4-8-14-29/h3-25H,1-2H3. The monoisotopic (exact) mass is 640 g/mol. The highest BCUT2D eigenvalue weighted by molar-refractivity contribution is 7.86. The first-order valence-electron chi connectivity index (χ1n) is 15.9. The molecule has 0 bridgehead atoms. The number of hydrogen-bond acceptors (Lipinski definition) is 5. The second-order valence-corrected chi connectivity index (χ2v) is 14.9. The molecule has 0 aliphatic carbocycles. The summed E-state index contributed by atoms with van der Waals surface area (Å²) in [7, 11) is -3.63. The Bertz CT molecular complexity index is 2290. The van der Waals surface area contributed by atoms with Crippen molar-refractivity contribution < 1.29 is 14.0 Å². The van der Waals surface area contributed by atoms with Gasteiger partial charge in [-0.15, -0.1) is 0 Å². The molecule has 48 heavy (non-hydrogen) atoms. The molecular weight excluding hydrogens is 611 g/mol. The van der Waals surface area contributed by atoms with Gasteiger partial charge < -0.3 is 14.0 Å². The van der Waals surface area contributed by atoms with Crippen molar-refractivity contribution in [2.45, 2.75) is 13.8 Å². The number of benzene rings is 5. The number of hydrogen-bond donors (Lipinski definition) is 0. The molecule has 9 rings (SSSR count). The Morgan fingerprint density at radius 3 is 1.38 bits per heavy atom. The lowest BCUT2D eigenvalue weighted by molar-refractivity contribution is 0.465. The smallest absolute Gasteiger partial charge is 0.185 e. The Balaban J connectivity index is 1.44. The molecule has 2 aliphatic rings. The molecule has 0 unspecified atom stereocenters. The van der Waals surface area contributed by atoms with Gasteiger partial charge in [-0.2, -0.15) is 0 Å². The molecule has 6 heteroatoms. The summed E-state index contributed by atoms with van der Waals surface area (Å²) in [6, 6.07) is 42.1. The maximum Gasteiger partial charge on any atom is 0.185 e. The zero-order valence-electron chi connectivity index (χ0n) is 26.3. The molecule has 0 amide bonds. The number of para-hydroxylation sites is 2. The third kappa shape index (κ3) is 4.28. The van der Waals surface area contributed by atoms with Crippen LogP contribution in [0, 0.1) is 13.8 Å². The Morgan fingerprint density at radius 2 is 0.938 bits per heavy atom. The Hall–Kier alpha value is -5.77. The Morgan fingerprint density at radius 1 is 0.479 bits per heavy atom. The average molecular weight is 641 g/mol. The highest BCUT2D eigenvalue weighted by Crippen LogP contribution is 2.63. The van der Waals surface area contributed by atoms with E-state index in [0.717, 1.165) is 55.9 Å². The van der Waals surface area contributed by atoms with E-state index >= 15 is 4.57 Å². The predicted octanol–water partition coefficient (Wildman–Crippen LogP) is 9.61. The fourth-order valence-electron chi connectivity index (χ4n) is 6.90. The van der Waals surface area contributed by atoms with Crippen LogP contribution < -0.4 is 25.4 Å². The van der Waals surface area contributed by atoms with Gasteiger partial charge in [0.1, 0.15) is 16.8 Å². The van der Waals surface area contributed by atoms with Crippen LogP contribution in [0.1, 0.15) is 11.1 Å². The van der Waals surface area contributed by atoms with Gasteiger partial charge in [0.15, 0.2) is 18.6 Å². The van der Waals surface area contributed by atoms with Gasteiger partial charge in [-0.05, 0) is 78.6 Å². The van der Waals surface area contributed by atoms with E-state index in [4.69, 9.17) is 19.4 Å². The SMILES string of the molecule is Cc1ccnc(-c2cc(-c3cc(C)ccn3)c3c4c2Oc2c(-c5ccccc5)cccc2P4(=O)c2cccc(-c4ccccc4)c2O3)c1. The van der Waals surface area contributed by atoms with Crippen LogP contribution in [-0.2, 0) is 4.57 Å². The molecule has 5 nitrogen and oxygen atoms in total. The van der Waals surface area contributed by atoms with E-state index < -0.39 is 7.14 Å². The number of aromatic nitrogens is 2. The summed E-state index contributed by atoms with van der Waals surface area (Å²) >= 11 is 0. The first-order valence-corrected chi connectivity index (χ1v) is 17.6. The minimum Gasteiger partial charge on any atom is -0.454 e. The molecule has 0 fully saturated rings. The topological polar surface area (TPSA) is 61.3 Å². The third-order valence-corrected chi connectivity index (χ3v) is 12.2. The highest BCUT2D eigenvalue weighted by atomic mass is 31.2. The fraction of sp³-hybridized carbons (Fsp3) is 0.0476. The second kappa shape index (κ2) is 10.9. The largest absolute Gasteiger partial charge is 0.454 e. The summed E-state index contributed by atoms with van der Waals surface area (Å²) in [4.78, 5) is 9.59. The molecule has 0 atom stereocenters. The van der Waals surface area contributed by atoms with Crippen molar-refractivity contribution in [1.82, 2.24) is 9.97 Å². The maximum atomic E-state index is 16.6. The van der Waals surface area contributed by atoms with Crippen molar-refractivity contribution in [3.05, 3.63) is 151 Å². The number of pyridine rings is 2. The molecule has 0 saturated carbocycles. The number of nitrogens with zero attached hydrogens (tertiary/aromatic N) is 2. The van der Waals surface area contributed by atoms with Crippen molar-refractivity contribution in [1.29, 1.82) is 0 Å². The van der Waals surface area contributed by atoms with Crippen molar-refractivity contribution >= 4 is 23.1 Å². The molecule has 7 aromatic rings. The highest BCUT2D eigenvalue weighted by Gasteiger charge is 2.49. The van der Waals surface area contributed by atoms with E-state index in [0.29, 0.717) is 38.9 Å². The molecular formula is C42H29N2O3P. The summed E-state index contributed by atoms with van der Waals surface area (Å²) in [5.41, 5.74) is 8.71. The fourth-order valence-corrected chi connectivity index (χ4v) is 10.0. The predicted molar refractivity (Wildman–Crippen MR) is 193 cm³/mol. The molecule has 0 saturated heterocycles. The number of ether oxygens (including phenoxy) is 2. The van der Waals surface area contributed by atoms with Gasteiger partial charge in [0, 0.05) is 34.6 Å². The van der Waals surface area contributed by atoms with Crippen LogP contribution in [0.3, 0.4) is 0 Å². The van der Waals surface area contributed by atoms with Gasteiger partial charge in [-0.1, -0.05) is 84.9 Å². The summed E-state index contributed by atoms with van der Waals surface area (Å²) in [6.45, 7) is 4.08. The van der Waals surface area contributed by atoms with E-state index in [-0.39, 0.29) is 0 Å². The van der Waals surface area contributed by atoms with E-state index in [9.17, 15) is 0 Å². The van der Waals surface area contributed by atoms with Crippen molar-refractivity contribution in [2.24, 2.45) is 0 Å². The van der Waals surface area contributed by atoms with Crippen LogP contribution in [0.25, 0.3) is 44.8 Å². The van der Waals surface area contributed by atoms with Crippen molar-refractivity contribution in [3.63, 3.8) is 0 Å². The maximum absolute atomic E-state index is 16.6. The molecule has 0 radical (unpaired) electrons. The first kappa shape index (κ1) is 28.5. The summed E-state index contributed by atoms with van der Waals surface area (Å²) < 4.78 is 30.7. The minimum atomic E-state index is -3.63. The van der Waals surface area contributed by atoms with Crippen LogP contribution in [0.2, 0.25) is 0 Å². The van der Waals surface area contributed by atoms with Gasteiger partial charge >= 0.3 is 0 Å². The minimum absolute atomic E-state index is 0.495. The van der Waals surface area contributed by atoms with Gasteiger partial charge in [0.05, 0.1) is 22.0 Å². The number of rotatable bonds is 4. The third-order valence-electron chi connectivity index (χ3n) is 9.15. The van der Waals surface area contributed by atoms with Crippen molar-refractivity contribution in [2.75, 3.05) is 0 Å². The Kier molecular flexibility index (Phi) is 6.46. The van der Waals surface area contributed by atoms with Crippen LogP contribution in [0.15, 0.2) is 140 Å². The van der Waals surface area contributed by atoms with Crippen molar-refractivity contribution in [3.8, 4) is 67.8 Å². The lowest BCUT2D eigenvalue weighted by atomic mass is 9.99. The molecule has 5 aromatic carbocycles. The van der Waals surface area contributed by atoms with Crippen LogP contribution in [0.5, 0.6) is 23.0 Å². The van der Waals surface area contributed by atoms with Gasteiger partial charge in [0.2, 0.25) is 0 Å². The van der Waals surface area contributed by atoms with Crippen LogP contribution in [0.4, 0.5) is 0 Å². The molecule has 2 aliphatic heterocycles. The second-order valence-electron chi connectivity index (χ2n) is 12.3. The van der Waals surface area contributed by atoms with E-state index in [2.05, 4.69) is 24.3 Å². The quantitative estimate of drug-likeness (QED) is 0.179. The number of fused-ring (bicyclic) bond motifs is 4. The molecule has 2 aromatic heterocycles. The molecule has 230 valence electrons. The molecule has 0 spiro atoms. The number of aryl methyl sites for hydroxylation is 2. The van der Waals surface area contributed by atoms with Gasteiger partial charge in [-0.3, -0.25) is 9.97 Å². The normalized spacial score (nSPS) is 13.4. The van der Waals surface area contributed by atoms with Gasteiger partial charge in [0.25, 0.3) is 0 Å². The van der Waals surface area contributed by atoms with E-state index in [1.54, 1.807) is 12.4 Å². The zero-order chi connectivity index (χ0) is 32.4. The lowest BCUT2D eigenvalue weighted by Gasteiger charge is -2.37. The first-order chi connectivity index (χ1) is 23.5. The van der Waals surface area contributed by atoms with Crippen LogP contribution in [-0.4, -0.2) is 9.97 Å². The Labute approximate surface area is 278 Å². The average Bonchev–Trinajstić information content (AvgIpc) is 3.12. The van der Waals surface area contributed by atoms with Gasteiger partial charge in [-0.25, -0.2) is 0 Å². The van der Waals surface area contributed by atoms with Crippen LogP contribution >= 0.6 is 7.14 Å². The molecule has 4 heterocycles. The zero-order valence-corrected chi connectivity index (χ0v) is 27.2. The lowest BCUT2D eigenvalue weighted by Crippen LogP contribution is -2.36. The summed E-state index contributed by atoms with van der Waals surface area (Å²) in [6.07, 6.45) is 3.59. The summed E-state index contributed by atoms with van der Waals surface area (Å²) in [5.74, 6) is 2.15. The summed E-state index contributed by atoms with van der Waals surface area (Å²) in [5, 5.41) is 1.83. The van der Waals surface area contributed by atoms with E-state index in [1.165, 1.54) is 0 Å². The van der Waals surface area contributed by atoms with E-state index in [1.807, 2.05) is 117 Å². The molecule has 0 N–H and O–H groups in total.